The molecule has 2 N–H and O–H groups in total. The molecule has 1 aliphatic heterocycles. The fourth-order valence-electron chi connectivity index (χ4n) is 3.85. The summed E-state index contributed by atoms with van der Waals surface area (Å²) in [5.41, 5.74) is 0.815. The Labute approximate surface area is 136 Å². The first kappa shape index (κ1) is 16.0. The Bertz CT molecular complexity index is 591. The number of carbonyl (C=O) groups is 2. The summed E-state index contributed by atoms with van der Waals surface area (Å²) in [6, 6.07) is 6.86. The molecular weight excluding hydrogens is 292 g/mol. The monoisotopic (exact) mass is 316 g/mol. The third-order valence-electron chi connectivity index (χ3n) is 5.04. The average Bonchev–Trinajstić information content (AvgIpc) is 2.82. The Morgan fingerprint density at radius 3 is 2.48 bits per heavy atom. The van der Waals surface area contributed by atoms with Gasteiger partial charge in [0, 0.05) is 6.54 Å². The highest BCUT2D eigenvalue weighted by Crippen LogP contribution is 2.39. The summed E-state index contributed by atoms with van der Waals surface area (Å²) in [4.78, 5) is 25.9. The first-order chi connectivity index (χ1) is 11.1. The maximum Gasteiger partial charge on any atom is 0.335 e. The molecule has 1 spiro atoms. The van der Waals surface area contributed by atoms with Gasteiger partial charge in [0.15, 0.2) is 0 Å². The van der Waals surface area contributed by atoms with Gasteiger partial charge >= 0.3 is 5.97 Å². The number of hydrogen-bond donors (Lipinski definition) is 2. The zero-order valence-electron chi connectivity index (χ0n) is 13.5. The van der Waals surface area contributed by atoms with Crippen LogP contribution in [0.15, 0.2) is 24.3 Å². The molecule has 0 aromatic heterocycles. The van der Waals surface area contributed by atoms with Crippen molar-refractivity contribution in [1.29, 1.82) is 0 Å². The van der Waals surface area contributed by atoms with Crippen molar-refractivity contribution in [2.75, 3.05) is 6.54 Å². The molecule has 23 heavy (non-hydrogen) atoms. The van der Waals surface area contributed by atoms with Gasteiger partial charge in [-0.25, -0.2) is 4.79 Å². The minimum Gasteiger partial charge on any atom is -0.478 e. The minimum absolute atomic E-state index is 0.150. The van der Waals surface area contributed by atoms with Crippen LogP contribution in [0.1, 0.15) is 67.5 Å². The molecule has 3 rings (SSSR count). The van der Waals surface area contributed by atoms with Gasteiger partial charge in [0.1, 0.15) is 6.17 Å². The Balaban J connectivity index is 1.89. The third-order valence-corrected chi connectivity index (χ3v) is 5.04. The lowest BCUT2D eigenvalue weighted by Crippen LogP contribution is -2.48. The molecule has 0 unspecified atom stereocenters. The second-order valence-corrected chi connectivity index (χ2v) is 6.62. The Kier molecular flexibility index (Phi) is 4.39. The van der Waals surface area contributed by atoms with Crippen molar-refractivity contribution in [3.8, 4) is 0 Å². The van der Waals surface area contributed by atoms with E-state index in [9.17, 15) is 9.59 Å². The van der Waals surface area contributed by atoms with E-state index in [-0.39, 0.29) is 17.6 Å². The van der Waals surface area contributed by atoms with E-state index in [2.05, 4.69) is 12.2 Å². The number of aromatic carboxylic acids is 1. The second kappa shape index (κ2) is 6.32. The van der Waals surface area contributed by atoms with Crippen molar-refractivity contribution in [3.05, 3.63) is 35.4 Å². The fourth-order valence-corrected chi connectivity index (χ4v) is 3.85. The van der Waals surface area contributed by atoms with Gasteiger partial charge in [0.25, 0.3) is 0 Å². The molecule has 5 nitrogen and oxygen atoms in total. The van der Waals surface area contributed by atoms with E-state index >= 15 is 0 Å². The first-order valence-corrected chi connectivity index (χ1v) is 8.49. The van der Waals surface area contributed by atoms with E-state index in [1.54, 1.807) is 12.1 Å². The van der Waals surface area contributed by atoms with Crippen molar-refractivity contribution in [3.63, 3.8) is 0 Å². The Morgan fingerprint density at radius 2 is 1.91 bits per heavy atom. The van der Waals surface area contributed by atoms with E-state index < -0.39 is 11.5 Å². The fraction of sp³-hybridized carbons (Fsp3) is 0.556. The maximum absolute atomic E-state index is 13.0. The third kappa shape index (κ3) is 2.85. The van der Waals surface area contributed by atoms with Crippen molar-refractivity contribution < 1.29 is 14.7 Å². The van der Waals surface area contributed by atoms with Crippen LogP contribution in [0.3, 0.4) is 0 Å². The summed E-state index contributed by atoms with van der Waals surface area (Å²) in [5, 5.41) is 12.6. The van der Waals surface area contributed by atoms with Crippen molar-refractivity contribution in [1.82, 2.24) is 10.2 Å². The SMILES string of the molecule is CCCN1C(=O)C2(CCCCC2)N[C@@H]1c1ccc(C(=O)O)cc1. The van der Waals surface area contributed by atoms with E-state index in [0.29, 0.717) is 0 Å². The molecule has 1 aromatic carbocycles. The zero-order chi connectivity index (χ0) is 16.4. The lowest BCUT2D eigenvalue weighted by molar-refractivity contribution is -0.134. The standard InChI is InChI=1S/C18H24N2O3/c1-2-12-20-15(13-6-8-14(9-7-13)16(21)22)19-18(17(20)23)10-4-3-5-11-18/h6-9,15,19H,2-5,10-12H2,1H3,(H,21,22)/t15-/m0/s1. The summed E-state index contributed by atoms with van der Waals surface area (Å²) in [6.45, 7) is 2.79. The van der Waals surface area contributed by atoms with Gasteiger partial charge in [-0.3, -0.25) is 10.1 Å². The Morgan fingerprint density at radius 1 is 1.26 bits per heavy atom. The molecule has 1 heterocycles. The summed E-state index contributed by atoms with van der Waals surface area (Å²) in [5.74, 6) is -0.715. The van der Waals surface area contributed by atoms with E-state index in [0.717, 1.165) is 44.2 Å². The molecule has 124 valence electrons. The molecular formula is C18H24N2O3. The van der Waals surface area contributed by atoms with E-state index in [1.807, 2.05) is 17.0 Å². The second-order valence-electron chi connectivity index (χ2n) is 6.62. The Hall–Kier alpha value is -1.88. The van der Waals surface area contributed by atoms with Crippen molar-refractivity contribution in [2.24, 2.45) is 0 Å². The number of carbonyl (C=O) groups excluding carboxylic acids is 1. The largest absolute Gasteiger partial charge is 0.478 e. The van der Waals surface area contributed by atoms with Crippen LogP contribution in [-0.2, 0) is 4.79 Å². The average molecular weight is 316 g/mol. The highest BCUT2D eigenvalue weighted by atomic mass is 16.4. The van der Waals surface area contributed by atoms with Crippen molar-refractivity contribution in [2.45, 2.75) is 57.2 Å². The molecule has 1 saturated carbocycles. The number of nitrogens with one attached hydrogen (secondary N) is 1. The lowest BCUT2D eigenvalue weighted by Gasteiger charge is -2.31. The number of rotatable bonds is 4. The highest BCUT2D eigenvalue weighted by Gasteiger charge is 2.51. The normalized spacial score (nSPS) is 23.4. The molecule has 1 amide bonds. The summed E-state index contributed by atoms with van der Waals surface area (Å²) >= 11 is 0. The summed E-state index contributed by atoms with van der Waals surface area (Å²) < 4.78 is 0. The molecule has 1 aliphatic carbocycles. The van der Waals surface area contributed by atoms with Gasteiger partial charge in [-0.15, -0.1) is 0 Å². The van der Waals surface area contributed by atoms with Crippen LogP contribution in [0.4, 0.5) is 0 Å². The van der Waals surface area contributed by atoms with Gasteiger partial charge in [0.05, 0.1) is 11.1 Å². The van der Waals surface area contributed by atoms with E-state index in [4.69, 9.17) is 5.11 Å². The summed E-state index contributed by atoms with van der Waals surface area (Å²) in [7, 11) is 0. The van der Waals surface area contributed by atoms with Crippen LogP contribution in [0.2, 0.25) is 0 Å². The first-order valence-electron chi connectivity index (χ1n) is 8.49. The maximum atomic E-state index is 13.0. The van der Waals surface area contributed by atoms with Crippen LogP contribution in [-0.4, -0.2) is 34.0 Å². The number of nitrogens with zero attached hydrogens (tertiary/aromatic N) is 1. The molecule has 2 fully saturated rings. The number of hydrogen-bond acceptors (Lipinski definition) is 3. The predicted octanol–water partition coefficient (Wildman–Crippen LogP) is 2.93. The highest BCUT2D eigenvalue weighted by molar-refractivity contribution is 5.89. The van der Waals surface area contributed by atoms with Crippen LogP contribution in [0, 0.1) is 0 Å². The summed E-state index contributed by atoms with van der Waals surface area (Å²) in [6.07, 6.45) is 5.93. The molecule has 1 saturated heterocycles. The van der Waals surface area contributed by atoms with Crippen LogP contribution >= 0.6 is 0 Å². The lowest BCUT2D eigenvalue weighted by atomic mass is 9.81. The number of benzene rings is 1. The van der Waals surface area contributed by atoms with Gasteiger partial charge < -0.3 is 10.0 Å². The van der Waals surface area contributed by atoms with E-state index in [1.165, 1.54) is 6.42 Å². The van der Waals surface area contributed by atoms with Gasteiger partial charge in [-0.2, -0.15) is 0 Å². The number of carboxylic acids is 1. The van der Waals surface area contributed by atoms with Crippen LogP contribution in [0.5, 0.6) is 0 Å². The molecule has 0 radical (unpaired) electrons. The molecule has 0 bridgehead atoms. The van der Waals surface area contributed by atoms with Gasteiger partial charge in [-0.1, -0.05) is 38.3 Å². The number of carboxylic acid groups (broad SMARTS) is 1. The zero-order valence-corrected chi connectivity index (χ0v) is 13.5. The topological polar surface area (TPSA) is 69.6 Å². The predicted molar refractivity (Wildman–Crippen MR) is 87.1 cm³/mol. The van der Waals surface area contributed by atoms with Crippen molar-refractivity contribution >= 4 is 11.9 Å². The smallest absolute Gasteiger partial charge is 0.335 e. The van der Waals surface area contributed by atoms with Crippen LogP contribution < -0.4 is 5.32 Å². The quantitative estimate of drug-likeness (QED) is 0.896. The van der Waals surface area contributed by atoms with Crippen LogP contribution in [0.25, 0.3) is 0 Å². The molecule has 1 atom stereocenters. The van der Waals surface area contributed by atoms with Gasteiger partial charge in [-0.05, 0) is 37.0 Å². The minimum atomic E-state index is -0.929. The molecule has 2 aliphatic rings. The molecule has 1 aromatic rings. The molecule has 5 heteroatoms. The van der Waals surface area contributed by atoms with Gasteiger partial charge in [0.2, 0.25) is 5.91 Å². The number of amides is 1.